The minimum atomic E-state index is -1.20. The Bertz CT molecular complexity index is 938. The molecule has 2 heterocycles. The number of rotatable bonds is 4. The fraction of sp³-hybridized carbons (Fsp3) is 0.679. The van der Waals surface area contributed by atoms with Crippen molar-refractivity contribution in [3.63, 3.8) is 0 Å². The number of carbonyl (C=O) groups excluding carboxylic acids is 2. The number of methoxy groups -OCH3 is 1. The van der Waals surface area contributed by atoms with E-state index in [1.54, 1.807) is 32.3 Å². The van der Waals surface area contributed by atoms with Crippen molar-refractivity contribution in [1.29, 1.82) is 0 Å². The zero-order valence-corrected chi connectivity index (χ0v) is 23.5. The van der Waals surface area contributed by atoms with Crippen LogP contribution in [0, 0.1) is 24.7 Å². The van der Waals surface area contributed by atoms with E-state index in [-0.39, 0.29) is 18.1 Å². The standard InChI is InChI=1S/C28H43NO6S/c1-8-22-23(30)14-25(31)35-28(18(4)13-21-15-36-20(6)29-21)24(34-7)12-16(2)10-9-11-17(3)26(32)19(5)27(22)33/h12-13,15,17,19,22-24,26,28,30,32H,8-11,14H2,1-7H3/b16-12-,18-13+/t17-,19+,22?,23-,24?,26-,28+/m0/s1. The summed E-state index contributed by atoms with van der Waals surface area (Å²) in [6.07, 6.45) is 3.07. The Morgan fingerprint density at radius 3 is 2.56 bits per heavy atom. The van der Waals surface area contributed by atoms with Crippen LogP contribution >= 0.6 is 11.3 Å². The summed E-state index contributed by atoms with van der Waals surface area (Å²) in [6.45, 7) is 11.3. The fourth-order valence-electron chi connectivity index (χ4n) is 4.86. The molecule has 0 radical (unpaired) electrons. The van der Waals surface area contributed by atoms with E-state index in [0.29, 0.717) is 6.42 Å². The molecule has 1 aromatic heterocycles. The average Bonchev–Trinajstić information content (AvgIpc) is 3.23. The molecule has 36 heavy (non-hydrogen) atoms. The highest BCUT2D eigenvalue weighted by molar-refractivity contribution is 7.09. The van der Waals surface area contributed by atoms with Gasteiger partial charge in [-0.25, -0.2) is 4.98 Å². The molecule has 7 atom stereocenters. The van der Waals surface area contributed by atoms with E-state index in [1.165, 1.54) is 0 Å². The first-order valence-electron chi connectivity index (χ1n) is 12.9. The SMILES string of the molecule is CCC1C(=O)[C@H](C)[C@@H](O)[C@@H](C)CCC/C(C)=C\C(OC)[C@@H](/C(C)=C/c2csc(C)n2)OC(=O)C[C@@H]1O. The molecule has 2 N–H and O–H groups in total. The van der Waals surface area contributed by atoms with Crippen LogP contribution in [-0.4, -0.2) is 58.5 Å². The van der Waals surface area contributed by atoms with Crippen LogP contribution in [0.1, 0.15) is 77.4 Å². The molecule has 0 saturated heterocycles. The van der Waals surface area contributed by atoms with Gasteiger partial charge >= 0.3 is 5.97 Å². The quantitative estimate of drug-likeness (QED) is 0.429. The van der Waals surface area contributed by atoms with Crippen LogP contribution in [0.2, 0.25) is 0 Å². The van der Waals surface area contributed by atoms with Crippen LogP contribution in [0.3, 0.4) is 0 Å². The van der Waals surface area contributed by atoms with Crippen molar-refractivity contribution < 1.29 is 29.3 Å². The number of hydrogen-bond donors (Lipinski definition) is 2. The second kappa shape index (κ2) is 14.2. The molecule has 0 amide bonds. The maximum absolute atomic E-state index is 13.2. The van der Waals surface area contributed by atoms with Gasteiger partial charge < -0.3 is 19.7 Å². The lowest BCUT2D eigenvalue weighted by Crippen LogP contribution is -2.40. The molecule has 2 rings (SSSR count). The van der Waals surface area contributed by atoms with E-state index >= 15 is 0 Å². The lowest BCUT2D eigenvalue weighted by molar-refractivity contribution is -0.155. The molecule has 202 valence electrons. The summed E-state index contributed by atoms with van der Waals surface area (Å²) in [7, 11) is 1.58. The molecular formula is C28H43NO6S. The second-order valence-corrected chi connectivity index (χ2v) is 11.2. The summed E-state index contributed by atoms with van der Waals surface area (Å²) < 4.78 is 11.6. The number of aliphatic hydroxyl groups is 2. The Labute approximate surface area is 219 Å². The number of thiazole rings is 1. The highest BCUT2D eigenvalue weighted by Gasteiger charge is 2.36. The van der Waals surface area contributed by atoms with Gasteiger partial charge in [-0.05, 0) is 64.0 Å². The number of allylic oxidation sites excluding steroid dienone is 1. The van der Waals surface area contributed by atoms with Crippen molar-refractivity contribution in [1.82, 2.24) is 4.98 Å². The number of aryl methyl sites for hydroxylation is 1. The topological polar surface area (TPSA) is 106 Å². The molecule has 0 aliphatic carbocycles. The number of aromatic nitrogens is 1. The first kappa shape index (κ1) is 30.4. The molecule has 0 fully saturated rings. The van der Waals surface area contributed by atoms with Gasteiger partial charge in [-0.2, -0.15) is 0 Å². The molecule has 7 nitrogen and oxygen atoms in total. The minimum absolute atomic E-state index is 0.0676. The van der Waals surface area contributed by atoms with Crippen molar-refractivity contribution >= 4 is 29.2 Å². The van der Waals surface area contributed by atoms with E-state index < -0.39 is 42.2 Å². The summed E-state index contributed by atoms with van der Waals surface area (Å²) in [6, 6.07) is 0. The van der Waals surface area contributed by atoms with Gasteiger partial charge in [-0.3, -0.25) is 9.59 Å². The van der Waals surface area contributed by atoms with Gasteiger partial charge in [-0.1, -0.05) is 32.4 Å². The molecule has 0 aromatic carbocycles. The van der Waals surface area contributed by atoms with Crippen molar-refractivity contribution in [2.75, 3.05) is 7.11 Å². The molecule has 0 bridgehead atoms. The number of esters is 1. The largest absolute Gasteiger partial charge is 0.455 e. The van der Waals surface area contributed by atoms with E-state index in [4.69, 9.17) is 9.47 Å². The third-order valence-electron chi connectivity index (χ3n) is 7.16. The number of hydrogen-bond acceptors (Lipinski definition) is 8. The van der Waals surface area contributed by atoms with Gasteiger partial charge in [-0.15, -0.1) is 11.3 Å². The van der Waals surface area contributed by atoms with Crippen LogP contribution in [-0.2, 0) is 19.1 Å². The Morgan fingerprint density at radius 2 is 1.97 bits per heavy atom. The van der Waals surface area contributed by atoms with Gasteiger partial charge in [0, 0.05) is 24.3 Å². The summed E-state index contributed by atoms with van der Waals surface area (Å²) >= 11 is 1.54. The van der Waals surface area contributed by atoms with Gasteiger partial charge in [0.2, 0.25) is 0 Å². The molecule has 1 aromatic rings. The molecule has 0 spiro atoms. The third-order valence-corrected chi connectivity index (χ3v) is 7.95. The number of ether oxygens (including phenoxy) is 2. The van der Waals surface area contributed by atoms with E-state index in [1.807, 2.05) is 45.2 Å². The Hall–Kier alpha value is -1.87. The van der Waals surface area contributed by atoms with Crippen molar-refractivity contribution in [2.24, 2.45) is 17.8 Å². The highest BCUT2D eigenvalue weighted by Crippen LogP contribution is 2.28. The van der Waals surface area contributed by atoms with Crippen LogP contribution in [0.4, 0.5) is 0 Å². The van der Waals surface area contributed by atoms with Crippen LogP contribution in [0.15, 0.2) is 22.6 Å². The Balaban J connectivity index is 2.43. The normalized spacial score (nSPS) is 33.6. The van der Waals surface area contributed by atoms with Crippen molar-refractivity contribution in [2.45, 2.75) is 98.1 Å². The van der Waals surface area contributed by atoms with E-state index in [0.717, 1.165) is 41.1 Å². The zero-order chi connectivity index (χ0) is 27.0. The summed E-state index contributed by atoms with van der Waals surface area (Å²) in [4.78, 5) is 30.6. The lowest BCUT2D eigenvalue weighted by Gasteiger charge is -2.30. The minimum Gasteiger partial charge on any atom is -0.455 e. The van der Waals surface area contributed by atoms with Crippen molar-refractivity contribution in [3.8, 4) is 0 Å². The number of carbonyl (C=O) groups is 2. The van der Waals surface area contributed by atoms with E-state index in [9.17, 15) is 19.8 Å². The number of Topliss-reactive ketones (excluding diaryl/α,β-unsaturated/α-hetero) is 1. The highest BCUT2D eigenvalue weighted by atomic mass is 32.1. The van der Waals surface area contributed by atoms with Gasteiger partial charge in [0.25, 0.3) is 0 Å². The molecule has 0 saturated carbocycles. The maximum Gasteiger partial charge on any atom is 0.309 e. The molecular weight excluding hydrogens is 478 g/mol. The second-order valence-electron chi connectivity index (χ2n) is 10.1. The van der Waals surface area contributed by atoms with Gasteiger partial charge in [0.15, 0.2) is 6.10 Å². The first-order chi connectivity index (χ1) is 17.0. The summed E-state index contributed by atoms with van der Waals surface area (Å²) in [5.74, 6) is -2.28. The molecule has 1 aliphatic heterocycles. The smallest absolute Gasteiger partial charge is 0.309 e. The van der Waals surface area contributed by atoms with Gasteiger partial charge in [0.05, 0.1) is 29.3 Å². The summed E-state index contributed by atoms with van der Waals surface area (Å²) in [5.41, 5.74) is 2.64. The van der Waals surface area contributed by atoms with Crippen molar-refractivity contribution in [3.05, 3.63) is 33.3 Å². The van der Waals surface area contributed by atoms with Crippen LogP contribution in [0.25, 0.3) is 6.08 Å². The number of nitrogens with zero attached hydrogens (tertiary/aromatic N) is 1. The third kappa shape index (κ3) is 8.33. The van der Waals surface area contributed by atoms with E-state index in [2.05, 4.69) is 4.98 Å². The molecule has 1 aliphatic rings. The molecule has 2 unspecified atom stereocenters. The monoisotopic (exact) mass is 521 g/mol. The Kier molecular flexibility index (Phi) is 11.9. The maximum atomic E-state index is 13.2. The van der Waals surface area contributed by atoms with Crippen LogP contribution in [0.5, 0.6) is 0 Å². The predicted molar refractivity (Wildman–Crippen MR) is 143 cm³/mol. The lowest BCUT2D eigenvalue weighted by atomic mass is 9.80. The fourth-order valence-corrected chi connectivity index (χ4v) is 5.43. The average molecular weight is 522 g/mol. The van der Waals surface area contributed by atoms with Crippen LogP contribution < -0.4 is 0 Å². The first-order valence-corrected chi connectivity index (χ1v) is 13.8. The predicted octanol–water partition coefficient (Wildman–Crippen LogP) is 4.89. The zero-order valence-electron chi connectivity index (χ0n) is 22.7. The number of cyclic esters (lactones) is 1. The van der Waals surface area contributed by atoms with Gasteiger partial charge in [0.1, 0.15) is 11.9 Å². The molecule has 8 heteroatoms. The summed E-state index contributed by atoms with van der Waals surface area (Å²) in [5, 5.41) is 24.5. The number of ketones is 1. The number of aliphatic hydroxyl groups excluding tert-OH is 2. The Morgan fingerprint density at radius 1 is 1.28 bits per heavy atom.